The average molecular weight is 297 g/mol. The Bertz CT molecular complexity index is 538. The van der Waals surface area contributed by atoms with Gasteiger partial charge < -0.3 is 0 Å². The number of rotatable bonds is 4. The smallest absolute Gasteiger partial charge is 0.269 e. The van der Waals surface area contributed by atoms with Crippen LogP contribution in [0.4, 0.5) is 13.2 Å². The minimum atomic E-state index is -4.46. The molecule has 0 saturated heterocycles. The third-order valence-corrected chi connectivity index (χ3v) is 4.38. The molecule has 0 unspecified atom stereocenters. The molecule has 1 aliphatic heterocycles. The predicted molar refractivity (Wildman–Crippen MR) is 61.9 cm³/mol. The van der Waals surface area contributed by atoms with E-state index in [1.807, 2.05) is 0 Å². The maximum atomic E-state index is 12.0. The third-order valence-electron chi connectivity index (χ3n) is 2.95. The quantitative estimate of drug-likeness (QED) is 0.904. The Kier molecular flexibility index (Phi) is 3.86. The molecule has 0 saturated carbocycles. The highest BCUT2D eigenvalue weighted by Crippen LogP contribution is 2.20. The highest BCUT2D eigenvalue weighted by molar-refractivity contribution is 7.89. The lowest BCUT2D eigenvalue weighted by molar-refractivity contribution is -0.130. The molecule has 0 fully saturated rings. The second-order valence-corrected chi connectivity index (χ2v) is 6.41. The standard InChI is InChI=1S/C10H14F3N3O2S/c11-10(12,13)3-6-19(17,18)15-8-2-5-16-9(7-8)1-4-14-16/h1,4,8,15H,2-3,5-7H2/t8-/m1/s1. The van der Waals surface area contributed by atoms with Gasteiger partial charge in [-0.1, -0.05) is 0 Å². The van der Waals surface area contributed by atoms with Gasteiger partial charge in [0.1, 0.15) is 0 Å². The van der Waals surface area contributed by atoms with Crippen LogP contribution >= 0.6 is 0 Å². The van der Waals surface area contributed by atoms with Gasteiger partial charge >= 0.3 is 6.18 Å². The van der Waals surface area contributed by atoms with Crippen molar-refractivity contribution < 1.29 is 21.6 Å². The summed E-state index contributed by atoms with van der Waals surface area (Å²) < 4.78 is 63.3. The zero-order chi connectivity index (χ0) is 14.1. The normalized spacial score (nSPS) is 20.3. The van der Waals surface area contributed by atoms with E-state index in [4.69, 9.17) is 0 Å². The molecule has 0 amide bonds. The van der Waals surface area contributed by atoms with Gasteiger partial charge in [0.05, 0.1) is 12.2 Å². The van der Waals surface area contributed by atoms with Crippen molar-refractivity contribution in [1.82, 2.24) is 14.5 Å². The summed E-state index contributed by atoms with van der Waals surface area (Å²) in [6.45, 7) is 0.564. The molecule has 108 valence electrons. The van der Waals surface area contributed by atoms with E-state index in [1.54, 1.807) is 16.9 Å². The molecule has 1 aromatic heterocycles. The van der Waals surface area contributed by atoms with E-state index in [2.05, 4.69) is 9.82 Å². The Balaban J connectivity index is 1.91. The van der Waals surface area contributed by atoms with Crippen LogP contribution in [0, 0.1) is 0 Å². The maximum Gasteiger partial charge on any atom is 0.390 e. The number of hydrogen-bond acceptors (Lipinski definition) is 3. The maximum absolute atomic E-state index is 12.0. The van der Waals surface area contributed by atoms with E-state index >= 15 is 0 Å². The first-order valence-electron chi connectivity index (χ1n) is 5.83. The highest BCUT2D eigenvalue weighted by Gasteiger charge is 2.31. The van der Waals surface area contributed by atoms with Gasteiger partial charge in [-0.15, -0.1) is 0 Å². The number of sulfonamides is 1. The van der Waals surface area contributed by atoms with Gasteiger partial charge in [0.2, 0.25) is 10.0 Å². The van der Waals surface area contributed by atoms with Crippen molar-refractivity contribution in [3.05, 3.63) is 18.0 Å². The van der Waals surface area contributed by atoms with Crippen molar-refractivity contribution in [3.63, 3.8) is 0 Å². The first kappa shape index (κ1) is 14.3. The van der Waals surface area contributed by atoms with Crippen molar-refractivity contribution in [2.75, 3.05) is 5.75 Å². The number of nitrogens with one attached hydrogen (secondary N) is 1. The van der Waals surface area contributed by atoms with Gasteiger partial charge in [0.15, 0.2) is 0 Å². The van der Waals surface area contributed by atoms with Crippen LogP contribution in [0.15, 0.2) is 12.3 Å². The molecule has 1 N–H and O–H groups in total. The van der Waals surface area contributed by atoms with Gasteiger partial charge in [-0.2, -0.15) is 18.3 Å². The highest BCUT2D eigenvalue weighted by atomic mass is 32.2. The fourth-order valence-electron chi connectivity index (χ4n) is 2.03. The van der Waals surface area contributed by atoms with E-state index in [1.165, 1.54) is 0 Å². The van der Waals surface area contributed by atoms with E-state index in [-0.39, 0.29) is 6.04 Å². The van der Waals surface area contributed by atoms with Crippen LogP contribution in [0.5, 0.6) is 0 Å². The number of nitrogens with zero attached hydrogens (tertiary/aromatic N) is 2. The van der Waals surface area contributed by atoms with E-state index in [9.17, 15) is 21.6 Å². The fraction of sp³-hybridized carbons (Fsp3) is 0.700. The zero-order valence-electron chi connectivity index (χ0n) is 10.0. The van der Waals surface area contributed by atoms with Crippen LogP contribution in [0.3, 0.4) is 0 Å². The molecule has 0 radical (unpaired) electrons. The van der Waals surface area contributed by atoms with Crippen LogP contribution in [-0.4, -0.2) is 36.2 Å². The van der Waals surface area contributed by atoms with Crippen LogP contribution in [0.2, 0.25) is 0 Å². The van der Waals surface area contributed by atoms with Crippen LogP contribution in [-0.2, 0) is 23.0 Å². The molecule has 9 heteroatoms. The fourth-order valence-corrected chi connectivity index (χ4v) is 3.36. The van der Waals surface area contributed by atoms with Crippen molar-refractivity contribution in [2.45, 2.75) is 38.0 Å². The molecule has 19 heavy (non-hydrogen) atoms. The molecule has 1 atom stereocenters. The van der Waals surface area contributed by atoms with Gasteiger partial charge in [-0.3, -0.25) is 4.68 Å². The molecular weight excluding hydrogens is 283 g/mol. The largest absolute Gasteiger partial charge is 0.390 e. The van der Waals surface area contributed by atoms with Crippen molar-refractivity contribution in [2.24, 2.45) is 0 Å². The SMILES string of the molecule is O=S(=O)(CCC(F)(F)F)N[C@@H]1CCn2nccc2C1. The van der Waals surface area contributed by atoms with Crippen LogP contribution in [0.25, 0.3) is 0 Å². The summed E-state index contributed by atoms with van der Waals surface area (Å²) in [7, 11) is -3.90. The second kappa shape index (κ2) is 5.12. The number of alkyl halides is 3. The number of aromatic nitrogens is 2. The molecule has 1 aromatic rings. The molecule has 2 heterocycles. The molecule has 5 nitrogen and oxygen atoms in total. The topological polar surface area (TPSA) is 64.0 Å². The number of hydrogen-bond donors (Lipinski definition) is 1. The van der Waals surface area contributed by atoms with Gasteiger partial charge in [0.25, 0.3) is 0 Å². The lowest BCUT2D eigenvalue weighted by atomic mass is 10.1. The minimum Gasteiger partial charge on any atom is -0.269 e. The predicted octanol–water partition coefficient (Wildman–Crippen LogP) is 1.07. The van der Waals surface area contributed by atoms with Crippen molar-refractivity contribution in [3.8, 4) is 0 Å². The number of halogens is 3. The molecule has 0 bridgehead atoms. The summed E-state index contributed by atoms with van der Waals surface area (Å²) in [6.07, 6.45) is -3.19. The number of fused-ring (bicyclic) bond motifs is 1. The van der Waals surface area contributed by atoms with E-state index in [0.29, 0.717) is 19.4 Å². The van der Waals surface area contributed by atoms with Gasteiger partial charge in [0, 0.05) is 30.9 Å². The third kappa shape index (κ3) is 4.20. The van der Waals surface area contributed by atoms with Crippen LogP contribution in [0.1, 0.15) is 18.5 Å². The summed E-state index contributed by atoms with van der Waals surface area (Å²) in [5.74, 6) is -0.924. The van der Waals surface area contributed by atoms with Gasteiger partial charge in [-0.25, -0.2) is 13.1 Å². The Morgan fingerprint density at radius 3 is 2.89 bits per heavy atom. The molecule has 0 spiro atoms. The van der Waals surface area contributed by atoms with Crippen molar-refractivity contribution in [1.29, 1.82) is 0 Å². The van der Waals surface area contributed by atoms with Gasteiger partial charge in [-0.05, 0) is 12.5 Å². The summed E-state index contributed by atoms with van der Waals surface area (Å²) >= 11 is 0. The van der Waals surface area contributed by atoms with E-state index in [0.717, 1.165) is 5.69 Å². The van der Waals surface area contributed by atoms with Crippen molar-refractivity contribution >= 4 is 10.0 Å². The molecule has 0 aromatic carbocycles. The number of aryl methyl sites for hydroxylation is 1. The molecule has 1 aliphatic rings. The summed E-state index contributed by atoms with van der Waals surface area (Å²) in [6, 6.07) is 1.42. The van der Waals surface area contributed by atoms with E-state index < -0.39 is 28.4 Å². The summed E-state index contributed by atoms with van der Waals surface area (Å²) in [5, 5.41) is 4.05. The average Bonchev–Trinajstić information content (AvgIpc) is 2.72. The lowest BCUT2D eigenvalue weighted by Crippen LogP contribution is -2.41. The Labute approximate surface area is 108 Å². The first-order chi connectivity index (χ1) is 8.75. The molecule has 2 rings (SSSR count). The monoisotopic (exact) mass is 297 g/mol. The summed E-state index contributed by atoms with van der Waals surface area (Å²) in [4.78, 5) is 0. The summed E-state index contributed by atoms with van der Waals surface area (Å²) in [5.41, 5.74) is 0.884. The lowest BCUT2D eigenvalue weighted by Gasteiger charge is -2.24. The Hall–Kier alpha value is -1.09. The van der Waals surface area contributed by atoms with Crippen LogP contribution < -0.4 is 4.72 Å². The minimum absolute atomic E-state index is 0.359. The first-order valence-corrected chi connectivity index (χ1v) is 7.48. The molecule has 0 aliphatic carbocycles. The Morgan fingerprint density at radius 2 is 2.21 bits per heavy atom. The Morgan fingerprint density at radius 1 is 1.47 bits per heavy atom. The second-order valence-electron chi connectivity index (χ2n) is 4.54. The zero-order valence-corrected chi connectivity index (χ0v) is 10.8. The molecular formula is C10H14F3N3O2S.